The number of hydrogen-bond acceptors (Lipinski definition) is 4. The number of rotatable bonds is 6. The van der Waals surface area contributed by atoms with Crippen molar-refractivity contribution >= 4 is 29.1 Å². The van der Waals surface area contributed by atoms with Crippen LogP contribution in [-0.4, -0.2) is 17.4 Å². The average molecular weight is 324 g/mol. The average Bonchev–Trinajstić information content (AvgIpc) is 2.55. The first-order valence-corrected chi connectivity index (χ1v) is 8.21. The van der Waals surface area contributed by atoms with Crippen molar-refractivity contribution in [2.24, 2.45) is 0 Å². The number of nitrogens with zero attached hydrogens (tertiary/aromatic N) is 1. The van der Waals surface area contributed by atoms with Crippen LogP contribution in [0.15, 0.2) is 48.5 Å². The van der Waals surface area contributed by atoms with Crippen molar-refractivity contribution in [3.8, 4) is 6.07 Å². The molecule has 0 fully saturated rings. The number of amides is 1. The van der Waals surface area contributed by atoms with Gasteiger partial charge in [0.05, 0.1) is 17.4 Å². The molecule has 1 N–H and O–H groups in total. The van der Waals surface area contributed by atoms with E-state index in [1.807, 2.05) is 12.1 Å². The second-order valence-electron chi connectivity index (χ2n) is 4.99. The summed E-state index contributed by atoms with van der Waals surface area (Å²) in [4.78, 5) is 23.2. The van der Waals surface area contributed by atoms with Crippen LogP contribution in [0.1, 0.15) is 28.4 Å². The zero-order valence-electron chi connectivity index (χ0n) is 12.7. The van der Waals surface area contributed by atoms with Crippen LogP contribution in [-0.2, 0) is 10.5 Å². The molecule has 2 rings (SSSR count). The fraction of sp³-hybridized carbons (Fsp3) is 0.167. The molecule has 5 heteroatoms. The Labute approximate surface area is 139 Å². The van der Waals surface area contributed by atoms with Gasteiger partial charge < -0.3 is 5.32 Å². The van der Waals surface area contributed by atoms with Crippen LogP contribution in [0, 0.1) is 11.3 Å². The van der Waals surface area contributed by atoms with Crippen molar-refractivity contribution < 1.29 is 9.59 Å². The number of nitrogens with one attached hydrogen (secondary N) is 1. The summed E-state index contributed by atoms with van der Waals surface area (Å²) >= 11 is 1.50. The lowest BCUT2D eigenvalue weighted by Gasteiger charge is -2.06. The summed E-state index contributed by atoms with van der Waals surface area (Å²) < 4.78 is 0. The van der Waals surface area contributed by atoms with E-state index >= 15 is 0 Å². The summed E-state index contributed by atoms with van der Waals surface area (Å²) in [5.41, 5.74) is 2.90. The van der Waals surface area contributed by atoms with Crippen LogP contribution in [0.25, 0.3) is 0 Å². The molecule has 116 valence electrons. The highest BCUT2D eigenvalue weighted by Crippen LogP contribution is 2.15. The second-order valence-corrected chi connectivity index (χ2v) is 5.97. The topological polar surface area (TPSA) is 70.0 Å². The molecule has 0 aliphatic rings. The zero-order chi connectivity index (χ0) is 16.7. The molecule has 0 radical (unpaired) electrons. The van der Waals surface area contributed by atoms with Crippen LogP contribution in [0.3, 0.4) is 0 Å². The Morgan fingerprint density at radius 3 is 2.57 bits per heavy atom. The Morgan fingerprint density at radius 1 is 1.17 bits per heavy atom. The molecule has 0 atom stereocenters. The molecule has 1 amide bonds. The van der Waals surface area contributed by atoms with E-state index in [1.54, 1.807) is 36.4 Å². The number of ketones is 1. The molecule has 2 aromatic rings. The summed E-state index contributed by atoms with van der Waals surface area (Å²) in [5.74, 6) is 0.886. The van der Waals surface area contributed by atoms with E-state index in [0.717, 1.165) is 5.56 Å². The number of nitriles is 1. The van der Waals surface area contributed by atoms with Gasteiger partial charge in [0.1, 0.15) is 0 Å². The maximum absolute atomic E-state index is 11.9. The summed E-state index contributed by atoms with van der Waals surface area (Å²) in [7, 11) is 0. The molecule has 0 aliphatic carbocycles. The van der Waals surface area contributed by atoms with Crippen molar-refractivity contribution in [2.45, 2.75) is 12.7 Å². The van der Waals surface area contributed by atoms with Crippen molar-refractivity contribution in [1.82, 2.24) is 0 Å². The van der Waals surface area contributed by atoms with Gasteiger partial charge in [-0.15, -0.1) is 11.8 Å². The molecule has 0 saturated heterocycles. The third-order valence-electron chi connectivity index (χ3n) is 3.14. The lowest BCUT2D eigenvalue weighted by atomic mass is 10.1. The fourth-order valence-corrected chi connectivity index (χ4v) is 2.74. The molecule has 0 heterocycles. The summed E-state index contributed by atoms with van der Waals surface area (Å²) in [6.45, 7) is 1.49. The van der Waals surface area contributed by atoms with Gasteiger partial charge in [-0.2, -0.15) is 5.26 Å². The van der Waals surface area contributed by atoms with Gasteiger partial charge in [-0.25, -0.2) is 0 Å². The predicted octanol–water partition coefficient (Wildman–Crippen LogP) is 3.63. The van der Waals surface area contributed by atoms with Gasteiger partial charge in [-0.3, -0.25) is 9.59 Å². The Morgan fingerprint density at radius 2 is 1.91 bits per heavy atom. The van der Waals surface area contributed by atoms with Gasteiger partial charge in [0.25, 0.3) is 0 Å². The van der Waals surface area contributed by atoms with Gasteiger partial charge in [-0.05, 0) is 36.8 Å². The Kier molecular flexibility index (Phi) is 5.95. The number of hydrogen-bond donors (Lipinski definition) is 1. The van der Waals surface area contributed by atoms with E-state index in [9.17, 15) is 9.59 Å². The van der Waals surface area contributed by atoms with E-state index < -0.39 is 0 Å². The van der Waals surface area contributed by atoms with Gasteiger partial charge in [-0.1, -0.05) is 24.3 Å². The monoisotopic (exact) mass is 324 g/mol. The molecule has 4 nitrogen and oxygen atoms in total. The van der Waals surface area contributed by atoms with E-state index in [0.29, 0.717) is 28.3 Å². The normalized spacial score (nSPS) is 9.91. The highest BCUT2D eigenvalue weighted by Gasteiger charge is 2.05. The highest BCUT2D eigenvalue weighted by atomic mass is 32.2. The van der Waals surface area contributed by atoms with Gasteiger partial charge in [0, 0.05) is 17.0 Å². The van der Waals surface area contributed by atoms with Crippen LogP contribution in [0.4, 0.5) is 5.69 Å². The number of anilines is 1. The minimum Gasteiger partial charge on any atom is -0.325 e. The third-order valence-corrected chi connectivity index (χ3v) is 4.14. The molecule has 0 aromatic heterocycles. The minimum absolute atomic E-state index is 0.0312. The van der Waals surface area contributed by atoms with Crippen LogP contribution >= 0.6 is 11.8 Å². The van der Waals surface area contributed by atoms with Gasteiger partial charge >= 0.3 is 0 Å². The lowest BCUT2D eigenvalue weighted by Crippen LogP contribution is -2.14. The molecule has 0 aliphatic heterocycles. The number of carbonyl (C=O) groups excluding carboxylic acids is 2. The van der Waals surface area contributed by atoms with Crippen molar-refractivity contribution in [2.75, 3.05) is 11.1 Å². The maximum atomic E-state index is 11.9. The van der Waals surface area contributed by atoms with Crippen LogP contribution in [0.5, 0.6) is 0 Å². The Hall–Kier alpha value is -2.58. The number of carbonyl (C=O) groups is 2. The Balaban J connectivity index is 1.82. The minimum atomic E-state index is -0.107. The SMILES string of the molecule is CC(=O)c1cccc(NC(=O)CSCc2ccc(C#N)cc2)c1. The van der Waals surface area contributed by atoms with E-state index in [2.05, 4.69) is 11.4 Å². The molecular formula is C18H16N2O2S. The molecule has 23 heavy (non-hydrogen) atoms. The maximum Gasteiger partial charge on any atom is 0.234 e. The van der Waals surface area contributed by atoms with E-state index in [-0.39, 0.29) is 11.7 Å². The molecule has 0 spiro atoms. The van der Waals surface area contributed by atoms with Gasteiger partial charge in [0.15, 0.2) is 5.78 Å². The molecule has 0 saturated carbocycles. The first-order chi connectivity index (χ1) is 11.1. The first kappa shape index (κ1) is 16.8. The quantitative estimate of drug-likeness (QED) is 0.824. The number of benzene rings is 2. The summed E-state index contributed by atoms with van der Waals surface area (Å²) in [6.07, 6.45) is 0. The standard InChI is InChI=1S/C18H16N2O2S/c1-13(21)16-3-2-4-17(9-16)20-18(22)12-23-11-15-7-5-14(10-19)6-8-15/h2-9H,11-12H2,1H3,(H,20,22). The molecule has 0 bridgehead atoms. The highest BCUT2D eigenvalue weighted by molar-refractivity contribution is 7.99. The predicted molar refractivity (Wildman–Crippen MR) is 92.4 cm³/mol. The smallest absolute Gasteiger partial charge is 0.234 e. The van der Waals surface area contributed by atoms with E-state index in [4.69, 9.17) is 5.26 Å². The zero-order valence-corrected chi connectivity index (χ0v) is 13.5. The van der Waals surface area contributed by atoms with Crippen LogP contribution in [0.2, 0.25) is 0 Å². The molecule has 2 aromatic carbocycles. The summed E-state index contributed by atoms with van der Waals surface area (Å²) in [5, 5.41) is 11.5. The molecule has 0 unspecified atom stereocenters. The van der Waals surface area contributed by atoms with Crippen molar-refractivity contribution in [3.05, 3.63) is 65.2 Å². The van der Waals surface area contributed by atoms with E-state index in [1.165, 1.54) is 18.7 Å². The van der Waals surface area contributed by atoms with Crippen LogP contribution < -0.4 is 5.32 Å². The number of thioether (sulfide) groups is 1. The summed E-state index contributed by atoms with van der Waals surface area (Å²) in [6, 6.07) is 16.3. The van der Waals surface area contributed by atoms with Gasteiger partial charge in [0.2, 0.25) is 5.91 Å². The first-order valence-electron chi connectivity index (χ1n) is 7.06. The largest absolute Gasteiger partial charge is 0.325 e. The Bertz CT molecular complexity index is 748. The number of Topliss-reactive ketones (excluding diaryl/α,β-unsaturated/α-hetero) is 1. The second kappa shape index (κ2) is 8.16. The fourth-order valence-electron chi connectivity index (χ4n) is 1.95. The molecular weight excluding hydrogens is 308 g/mol. The van der Waals surface area contributed by atoms with Crippen molar-refractivity contribution in [3.63, 3.8) is 0 Å². The van der Waals surface area contributed by atoms with Crippen molar-refractivity contribution in [1.29, 1.82) is 5.26 Å². The third kappa shape index (κ3) is 5.28. The lowest BCUT2D eigenvalue weighted by molar-refractivity contribution is -0.113.